The number of ether oxygens (including phenoxy) is 2. The van der Waals surface area contributed by atoms with Gasteiger partial charge < -0.3 is 19.8 Å². The highest BCUT2D eigenvalue weighted by Crippen LogP contribution is 2.67. The first-order valence-corrected chi connectivity index (χ1v) is 16.0. The van der Waals surface area contributed by atoms with E-state index in [4.69, 9.17) is 9.47 Å². The number of H-pyrrole nitrogens is 1. The number of nitrogens with one attached hydrogen (secondary N) is 2. The van der Waals surface area contributed by atoms with Crippen LogP contribution in [0.5, 0.6) is 0 Å². The molecule has 0 radical (unpaired) electrons. The van der Waals surface area contributed by atoms with Crippen LogP contribution in [0.15, 0.2) is 65.7 Å². The maximum Gasteiger partial charge on any atom is 0.323 e. The largest absolute Gasteiger partial charge is 0.468 e. The molecule has 5 atom stereocenters. The minimum absolute atomic E-state index is 0.0461. The molecular weight excluding hydrogens is 540 g/mol. The van der Waals surface area contributed by atoms with Gasteiger partial charge in [0.15, 0.2) is 9.84 Å². The van der Waals surface area contributed by atoms with E-state index in [1.54, 1.807) is 30.3 Å². The van der Waals surface area contributed by atoms with Crippen LogP contribution < -0.4 is 5.32 Å². The van der Waals surface area contributed by atoms with Crippen LogP contribution in [0.2, 0.25) is 0 Å². The number of carbonyl (C=O) groups is 2. The molecule has 0 spiro atoms. The fourth-order valence-corrected chi connectivity index (χ4v) is 9.41. The van der Waals surface area contributed by atoms with Gasteiger partial charge in [0.25, 0.3) is 0 Å². The van der Waals surface area contributed by atoms with Crippen molar-refractivity contribution in [1.29, 1.82) is 0 Å². The summed E-state index contributed by atoms with van der Waals surface area (Å²) in [7, 11) is -2.22. The summed E-state index contributed by atoms with van der Waals surface area (Å²) in [4.78, 5) is 29.4. The fraction of sp³-hybridized carbons (Fsp3) is 0.500. The number of aromatic nitrogens is 1. The van der Waals surface area contributed by atoms with Gasteiger partial charge in [0.05, 0.1) is 24.2 Å². The number of rotatable bonds is 11. The first-order chi connectivity index (χ1) is 19.5. The van der Waals surface area contributed by atoms with Gasteiger partial charge in [-0.05, 0) is 61.3 Å². The highest BCUT2D eigenvalue weighted by molar-refractivity contribution is 7.91. The Bertz CT molecular complexity index is 1520. The second-order valence-electron chi connectivity index (χ2n) is 12.3. The number of methoxy groups -OCH3 is 1. The third-order valence-electron chi connectivity index (χ3n) is 9.72. The van der Waals surface area contributed by atoms with Gasteiger partial charge in [-0.25, -0.2) is 8.42 Å². The lowest BCUT2D eigenvalue weighted by Gasteiger charge is -2.41. The molecule has 8 nitrogen and oxygen atoms in total. The SMILES string of the molecule is COC(=O)[C@@H](Cc1c[nH]c2ccccc12)N[C@H](C)CC(=O)O[C@@H]1C[C@H]2CC[C@]1(CS(=O)(=O)c1ccccc1)C2(C)C. The lowest BCUT2D eigenvalue weighted by molar-refractivity contribution is -0.157. The van der Waals surface area contributed by atoms with E-state index in [-0.39, 0.29) is 23.6 Å². The number of hydrogen-bond acceptors (Lipinski definition) is 7. The Morgan fingerprint density at radius 1 is 1.10 bits per heavy atom. The maximum absolute atomic E-state index is 13.5. The van der Waals surface area contributed by atoms with Crippen molar-refractivity contribution in [3.63, 3.8) is 0 Å². The van der Waals surface area contributed by atoms with Crippen molar-refractivity contribution >= 4 is 32.7 Å². The molecule has 2 aromatic carbocycles. The van der Waals surface area contributed by atoms with Crippen molar-refractivity contribution in [1.82, 2.24) is 10.3 Å². The van der Waals surface area contributed by atoms with E-state index in [0.29, 0.717) is 30.1 Å². The molecule has 0 saturated heterocycles. The minimum Gasteiger partial charge on any atom is -0.468 e. The van der Waals surface area contributed by atoms with Crippen LogP contribution in [0.25, 0.3) is 10.9 Å². The van der Waals surface area contributed by atoms with Gasteiger partial charge in [0, 0.05) is 35.0 Å². The van der Waals surface area contributed by atoms with E-state index in [1.165, 1.54) is 7.11 Å². The summed E-state index contributed by atoms with van der Waals surface area (Å²) in [6.07, 6.45) is 4.16. The molecule has 0 unspecified atom stereocenters. The van der Waals surface area contributed by atoms with Crippen LogP contribution >= 0.6 is 0 Å². The van der Waals surface area contributed by atoms with Crippen molar-refractivity contribution in [3.8, 4) is 0 Å². The smallest absolute Gasteiger partial charge is 0.323 e. The Morgan fingerprint density at radius 2 is 1.80 bits per heavy atom. The summed E-state index contributed by atoms with van der Waals surface area (Å²) in [6.45, 7) is 6.08. The summed E-state index contributed by atoms with van der Waals surface area (Å²) < 4.78 is 38.2. The number of sulfone groups is 1. The van der Waals surface area contributed by atoms with Crippen LogP contribution in [0.1, 0.15) is 52.0 Å². The van der Waals surface area contributed by atoms with Gasteiger partial charge in [0.2, 0.25) is 0 Å². The van der Waals surface area contributed by atoms with Gasteiger partial charge in [-0.15, -0.1) is 0 Å². The second kappa shape index (κ2) is 11.2. The number of aromatic amines is 1. The van der Waals surface area contributed by atoms with E-state index in [9.17, 15) is 18.0 Å². The van der Waals surface area contributed by atoms with Crippen molar-refractivity contribution in [3.05, 3.63) is 66.4 Å². The zero-order chi connectivity index (χ0) is 29.4. The average Bonchev–Trinajstić information content (AvgIpc) is 3.52. The zero-order valence-electron chi connectivity index (χ0n) is 24.2. The quantitative estimate of drug-likeness (QED) is 0.312. The fourth-order valence-electron chi connectivity index (χ4n) is 7.29. The van der Waals surface area contributed by atoms with Gasteiger partial charge >= 0.3 is 11.9 Å². The first kappa shape index (κ1) is 29.3. The highest BCUT2D eigenvalue weighted by Gasteiger charge is 2.66. The summed E-state index contributed by atoms with van der Waals surface area (Å²) in [5.41, 5.74) is 1.03. The Kier molecular flexibility index (Phi) is 8.05. The number of para-hydroxylation sites is 1. The monoisotopic (exact) mass is 580 g/mol. The van der Waals surface area contributed by atoms with E-state index in [1.807, 2.05) is 37.4 Å². The number of hydrogen-bond donors (Lipinski definition) is 2. The van der Waals surface area contributed by atoms with Crippen LogP contribution in [0, 0.1) is 16.7 Å². The van der Waals surface area contributed by atoms with Crippen molar-refractivity contribution < 1.29 is 27.5 Å². The third-order valence-corrected chi connectivity index (χ3v) is 11.6. The number of carbonyl (C=O) groups excluding carboxylic acids is 2. The molecule has 0 aliphatic heterocycles. The van der Waals surface area contributed by atoms with Crippen LogP contribution in [-0.2, 0) is 35.3 Å². The van der Waals surface area contributed by atoms with E-state index in [2.05, 4.69) is 24.1 Å². The summed E-state index contributed by atoms with van der Waals surface area (Å²) in [6, 6.07) is 15.4. The summed E-state index contributed by atoms with van der Waals surface area (Å²) >= 11 is 0. The lowest BCUT2D eigenvalue weighted by atomic mass is 9.69. The molecule has 220 valence electrons. The molecular formula is C32H40N2O6S. The van der Waals surface area contributed by atoms with Gasteiger partial charge in [-0.1, -0.05) is 50.2 Å². The Labute approximate surface area is 242 Å². The summed E-state index contributed by atoms with van der Waals surface area (Å²) in [5, 5.41) is 4.29. The molecule has 2 aliphatic rings. The Morgan fingerprint density at radius 3 is 2.51 bits per heavy atom. The van der Waals surface area contributed by atoms with Crippen molar-refractivity contribution in [2.45, 2.75) is 76.0 Å². The molecule has 5 rings (SSSR count). The topological polar surface area (TPSA) is 115 Å². The molecule has 41 heavy (non-hydrogen) atoms. The Balaban J connectivity index is 1.27. The maximum atomic E-state index is 13.5. The number of benzene rings is 2. The Hall–Kier alpha value is -3.17. The molecule has 3 aromatic rings. The predicted molar refractivity (Wildman–Crippen MR) is 157 cm³/mol. The van der Waals surface area contributed by atoms with Crippen LogP contribution in [0.3, 0.4) is 0 Å². The molecule has 2 fully saturated rings. The molecule has 1 heterocycles. The van der Waals surface area contributed by atoms with Gasteiger partial charge in [-0.3, -0.25) is 9.59 Å². The molecule has 2 saturated carbocycles. The van der Waals surface area contributed by atoms with Crippen molar-refractivity contribution in [2.24, 2.45) is 16.7 Å². The van der Waals surface area contributed by atoms with Crippen LogP contribution in [-0.4, -0.2) is 56.4 Å². The minimum atomic E-state index is -3.58. The van der Waals surface area contributed by atoms with Gasteiger partial charge in [0.1, 0.15) is 12.1 Å². The number of fused-ring (bicyclic) bond motifs is 3. The molecule has 2 bridgehead atoms. The first-order valence-electron chi connectivity index (χ1n) is 14.3. The zero-order valence-corrected chi connectivity index (χ0v) is 25.0. The number of esters is 2. The normalized spacial score (nSPS) is 24.7. The molecule has 2 N–H and O–H groups in total. The van der Waals surface area contributed by atoms with E-state index < -0.39 is 39.3 Å². The van der Waals surface area contributed by atoms with E-state index in [0.717, 1.165) is 22.9 Å². The molecule has 2 aliphatic carbocycles. The standard InChI is InChI=1S/C32H40N2O6S/c1-21(34-27(30(36)39-4)17-22-19-33-26-13-9-8-12-25(22)26)16-29(35)40-28-18-23-14-15-32(28,31(23,2)3)20-41(37,38)24-10-6-5-7-11-24/h5-13,19,21,23,27-28,33-34H,14-18,20H2,1-4H3/t21-,23-,27-,28-,32-/m1/s1. The third kappa shape index (κ3) is 5.54. The second-order valence-corrected chi connectivity index (χ2v) is 14.3. The van der Waals surface area contributed by atoms with Gasteiger partial charge in [-0.2, -0.15) is 0 Å². The molecule has 9 heteroatoms. The predicted octanol–water partition coefficient (Wildman–Crippen LogP) is 4.83. The van der Waals surface area contributed by atoms with Crippen molar-refractivity contribution in [2.75, 3.05) is 12.9 Å². The summed E-state index contributed by atoms with van der Waals surface area (Å²) in [5.74, 6) is -0.559. The van der Waals surface area contributed by atoms with Crippen LogP contribution in [0.4, 0.5) is 0 Å². The lowest BCUT2D eigenvalue weighted by Crippen LogP contribution is -2.47. The molecule has 0 amide bonds. The molecule has 1 aromatic heterocycles. The average molecular weight is 581 g/mol. The van der Waals surface area contributed by atoms with E-state index >= 15 is 0 Å². The highest BCUT2D eigenvalue weighted by atomic mass is 32.2.